The molecular formula is C21H19ClFN3O4. The molecule has 9 heteroatoms. The number of hydrogen-bond donors (Lipinski definition) is 2. The lowest BCUT2D eigenvalue weighted by molar-refractivity contribution is 0.0693. The maximum absolute atomic E-state index is 14.4. The van der Waals surface area contributed by atoms with E-state index in [1.165, 1.54) is 36.3 Å². The molecule has 1 unspecified atom stereocenters. The zero-order valence-corrected chi connectivity index (χ0v) is 16.9. The molecule has 2 aromatic rings. The van der Waals surface area contributed by atoms with Gasteiger partial charge in [-0.05, 0) is 36.2 Å². The monoisotopic (exact) mass is 431 g/mol. The van der Waals surface area contributed by atoms with E-state index < -0.39 is 23.2 Å². The molecule has 0 bridgehead atoms. The number of methoxy groups -OCH3 is 1. The molecule has 156 valence electrons. The van der Waals surface area contributed by atoms with Gasteiger partial charge in [-0.15, -0.1) is 0 Å². The number of aromatic carboxylic acids is 1. The van der Waals surface area contributed by atoms with Crippen LogP contribution in [0.4, 0.5) is 9.18 Å². The molecule has 1 saturated heterocycles. The lowest BCUT2D eigenvalue weighted by atomic mass is 9.81. The van der Waals surface area contributed by atoms with Crippen LogP contribution in [-0.4, -0.2) is 42.2 Å². The number of likely N-dealkylation sites (tertiary alicyclic amines) is 1. The maximum atomic E-state index is 14.4. The first kappa shape index (κ1) is 21.4. The quantitative estimate of drug-likeness (QED) is 0.753. The van der Waals surface area contributed by atoms with Gasteiger partial charge in [0.05, 0.1) is 13.2 Å². The standard InChI is InChI=1S/C21H19ClFN3O4/c1-30-18-8-13(2-4-15(18)19(27)28)10-25-20(29)26-7-6-21(11-24,12-26)16-5-3-14(22)9-17(16)23/h2-5,8-9H,6-7,10,12H2,1H3,(H,25,29)(H,27,28). The van der Waals surface area contributed by atoms with Gasteiger partial charge in [0, 0.05) is 30.2 Å². The molecule has 1 fully saturated rings. The number of nitriles is 1. The Kier molecular flexibility index (Phi) is 6.13. The number of halogens is 2. The highest BCUT2D eigenvalue weighted by Crippen LogP contribution is 2.36. The summed E-state index contributed by atoms with van der Waals surface area (Å²) in [5.74, 6) is -1.49. The van der Waals surface area contributed by atoms with Gasteiger partial charge in [-0.2, -0.15) is 5.26 Å². The zero-order chi connectivity index (χ0) is 21.9. The Morgan fingerprint density at radius 2 is 2.13 bits per heavy atom. The SMILES string of the molecule is COc1cc(CNC(=O)N2CCC(C#N)(c3ccc(Cl)cc3F)C2)ccc1C(=O)O. The molecule has 2 aromatic carbocycles. The summed E-state index contributed by atoms with van der Waals surface area (Å²) in [6, 6.07) is 10.5. The molecule has 2 N–H and O–H groups in total. The lowest BCUT2D eigenvalue weighted by Gasteiger charge is -2.23. The van der Waals surface area contributed by atoms with E-state index in [2.05, 4.69) is 11.4 Å². The summed E-state index contributed by atoms with van der Waals surface area (Å²) in [6.45, 7) is 0.484. The van der Waals surface area contributed by atoms with E-state index in [0.717, 1.165) is 6.07 Å². The first-order chi connectivity index (χ1) is 14.3. The average molecular weight is 432 g/mol. The first-order valence-corrected chi connectivity index (χ1v) is 9.47. The number of nitrogens with one attached hydrogen (secondary N) is 1. The second kappa shape index (κ2) is 8.59. The molecule has 0 spiro atoms. The van der Waals surface area contributed by atoms with E-state index in [1.54, 1.807) is 6.07 Å². The highest BCUT2D eigenvalue weighted by molar-refractivity contribution is 6.30. The van der Waals surface area contributed by atoms with Crippen molar-refractivity contribution in [2.75, 3.05) is 20.2 Å². The highest BCUT2D eigenvalue weighted by Gasteiger charge is 2.43. The molecule has 1 aliphatic rings. The Labute approximate surface area is 177 Å². The zero-order valence-electron chi connectivity index (χ0n) is 16.1. The van der Waals surface area contributed by atoms with E-state index in [4.69, 9.17) is 21.4 Å². The maximum Gasteiger partial charge on any atom is 0.339 e. The van der Waals surface area contributed by atoms with Crippen LogP contribution in [0.5, 0.6) is 5.75 Å². The number of ether oxygens (including phenoxy) is 1. The van der Waals surface area contributed by atoms with Crippen LogP contribution in [0.1, 0.15) is 27.9 Å². The summed E-state index contributed by atoms with van der Waals surface area (Å²) >= 11 is 5.80. The van der Waals surface area contributed by atoms with Crippen LogP contribution >= 0.6 is 11.6 Å². The normalized spacial score (nSPS) is 18.0. The smallest absolute Gasteiger partial charge is 0.339 e. The molecule has 0 aromatic heterocycles. The van der Waals surface area contributed by atoms with Gasteiger partial charge in [0.15, 0.2) is 0 Å². The molecule has 2 amide bonds. The van der Waals surface area contributed by atoms with E-state index in [-0.39, 0.29) is 35.0 Å². The van der Waals surface area contributed by atoms with Crippen molar-refractivity contribution in [3.8, 4) is 11.8 Å². The number of carbonyl (C=O) groups excluding carboxylic acids is 1. The van der Waals surface area contributed by atoms with Gasteiger partial charge < -0.3 is 20.1 Å². The minimum absolute atomic E-state index is 0.0240. The number of carboxylic acids is 1. The van der Waals surface area contributed by atoms with Crippen molar-refractivity contribution in [3.05, 3.63) is 63.9 Å². The van der Waals surface area contributed by atoms with Crippen molar-refractivity contribution in [3.63, 3.8) is 0 Å². The van der Waals surface area contributed by atoms with Crippen LogP contribution in [0.3, 0.4) is 0 Å². The van der Waals surface area contributed by atoms with E-state index >= 15 is 0 Å². The van der Waals surface area contributed by atoms with Crippen molar-refractivity contribution >= 4 is 23.6 Å². The van der Waals surface area contributed by atoms with Crippen molar-refractivity contribution in [2.45, 2.75) is 18.4 Å². The Morgan fingerprint density at radius 1 is 1.37 bits per heavy atom. The third kappa shape index (κ3) is 4.16. The van der Waals surface area contributed by atoms with Gasteiger partial charge in [0.1, 0.15) is 22.5 Å². The molecular weight excluding hydrogens is 413 g/mol. The fourth-order valence-corrected chi connectivity index (χ4v) is 3.70. The number of hydrogen-bond acceptors (Lipinski definition) is 4. The number of carbonyl (C=O) groups is 2. The summed E-state index contributed by atoms with van der Waals surface area (Å²) in [5.41, 5.74) is -0.243. The molecule has 7 nitrogen and oxygen atoms in total. The molecule has 0 saturated carbocycles. The molecule has 1 atom stereocenters. The molecule has 3 rings (SSSR count). The van der Waals surface area contributed by atoms with Gasteiger partial charge in [0.25, 0.3) is 0 Å². The highest BCUT2D eigenvalue weighted by atomic mass is 35.5. The second-order valence-electron chi connectivity index (χ2n) is 6.99. The second-order valence-corrected chi connectivity index (χ2v) is 7.42. The number of rotatable bonds is 5. The Balaban J connectivity index is 1.69. The Morgan fingerprint density at radius 3 is 2.77 bits per heavy atom. The van der Waals surface area contributed by atoms with Gasteiger partial charge >= 0.3 is 12.0 Å². The van der Waals surface area contributed by atoms with Gasteiger partial charge in [-0.1, -0.05) is 23.7 Å². The summed E-state index contributed by atoms with van der Waals surface area (Å²) in [5, 5.41) is 21.8. The van der Waals surface area contributed by atoms with Crippen molar-refractivity contribution < 1.29 is 23.8 Å². The number of nitrogens with zero attached hydrogens (tertiary/aromatic N) is 2. The van der Waals surface area contributed by atoms with Gasteiger partial charge in [-0.25, -0.2) is 14.0 Å². The summed E-state index contributed by atoms with van der Waals surface area (Å²) in [4.78, 5) is 25.2. The molecule has 0 aliphatic carbocycles. The minimum Gasteiger partial charge on any atom is -0.496 e. The van der Waals surface area contributed by atoms with Crippen molar-refractivity contribution in [1.82, 2.24) is 10.2 Å². The Hall–Kier alpha value is -3.31. The van der Waals surface area contributed by atoms with E-state index in [9.17, 15) is 19.2 Å². The topological polar surface area (TPSA) is 103 Å². The van der Waals surface area contributed by atoms with Gasteiger partial charge in [-0.3, -0.25) is 0 Å². The number of urea groups is 1. The molecule has 30 heavy (non-hydrogen) atoms. The van der Waals surface area contributed by atoms with Gasteiger partial charge in [0.2, 0.25) is 0 Å². The molecule has 1 heterocycles. The third-order valence-corrected chi connectivity index (χ3v) is 5.39. The molecule has 0 radical (unpaired) electrons. The number of amides is 2. The van der Waals surface area contributed by atoms with Crippen LogP contribution in [0.15, 0.2) is 36.4 Å². The van der Waals surface area contributed by atoms with Crippen molar-refractivity contribution in [2.24, 2.45) is 0 Å². The summed E-state index contributed by atoms with van der Waals surface area (Å²) in [7, 11) is 1.37. The summed E-state index contributed by atoms with van der Waals surface area (Å²) < 4.78 is 19.5. The molecule has 1 aliphatic heterocycles. The average Bonchev–Trinajstić information content (AvgIpc) is 3.17. The van der Waals surface area contributed by atoms with E-state index in [0.29, 0.717) is 18.5 Å². The van der Waals surface area contributed by atoms with Crippen LogP contribution in [-0.2, 0) is 12.0 Å². The van der Waals surface area contributed by atoms with Crippen LogP contribution in [0, 0.1) is 17.1 Å². The predicted octanol–water partition coefficient (Wildman–Crippen LogP) is 3.56. The fourth-order valence-electron chi connectivity index (χ4n) is 3.54. The van der Waals surface area contributed by atoms with Crippen LogP contribution in [0.2, 0.25) is 5.02 Å². The lowest BCUT2D eigenvalue weighted by Crippen LogP contribution is -2.40. The number of benzene rings is 2. The van der Waals surface area contributed by atoms with Crippen LogP contribution < -0.4 is 10.1 Å². The van der Waals surface area contributed by atoms with Crippen molar-refractivity contribution in [1.29, 1.82) is 5.26 Å². The number of carboxylic acid groups (broad SMARTS) is 1. The third-order valence-electron chi connectivity index (χ3n) is 5.16. The fraction of sp³-hybridized carbons (Fsp3) is 0.286. The Bertz CT molecular complexity index is 1040. The predicted molar refractivity (Wildman–Crippen MR) is 107 cm³/mol. The largest absolute Gasteiger partial charge is 0.496 e. The minimum atomic E-state index is -1.14. The van der Waals surface area contributed by atoms with Crippen LogP contribution in [0.25, 0.3) is 0 Å². The summed E-state index contributed by atoms with van der Waals surface area (Å²) in [6.07, 6.45) is 0.302. The first-order valence-electron chi connectivity index (χ1n) is 9.09. The van der Waals surface area contributed by atoms with E-state index in [1.807, 2.05) is 0 Å².